The van der Waals surface area contributed by atoms with Crippen LogP contribution in [0.3, 0.4) is 0 Å². The number of carbonyl (C=O) groups is 1. The molecule has 1 fully saturated rings. The van der Waals surface area contributed by atoms with Crippen molar-refractivity contribution in [2.45, 2.75) is 38.5 Å². The average molecular weight is 428 g/mol. The predicted molar refractivity (Wildman–Crippen MR) is 118 cm³/mol. The molecule has 0 unspecified atom stereocenters. The maximum atomic E-state index is 12.3. The summed E-state index contributed by atoms with van der Waals surface area (Å²) in [5.74, 6) is -0.0110. The molecule has 29 heavy (non-hydrogen) atoms. The van der Waals surface area contributed by atoms with Crippen molar-refractivity contribution >= 4 is 28.6 Å². The predicted octanol–water partition coefficient (Wildman–Crippen LogP) is 3.69. The summed E-state index contributed by atoms with van der Waals surface area (Å²) < 4.78 is 0. The van der Waals surface area contributed by atoms with Crippen LogP contribution in [0.1, 0.15) is 29.7 Å². The highest BCUT2D eigenvalue weighted by molar-refractivity contribution is 7.14. The van der Waals surface area contributed by atoms with Crippen LogP contribution in [0.15, 0.2) is 46.5 Å². The zero-order chi connectivity index (χ0) is 20.1. The molecule has 5 nitrogen and oxygen atoms in total. The Hall–Kier alpha value is -2.06. The second-order valence-corrected chi connectivity index (χ2v) is 9.07. The fourth-order valence-electron chi connectivity index (χ4n) is 3.43. The Labute approximate surface area is 179 Å². The number of carbonyl (C=O) groups excluding carboxylic acids is 1. The van der Waals surface area contributed by atoms with Gasteiger partial charge in [0.15, 0.2) is 0 Å². The number of aliphatic hydroxyl groups excluding tert-OH is 1. The molecule has 0 aliphatic carbocycles. The van der Waals surface area contributed by atoms with Crippen molar-refractivity contribution in [1.29, 1.82) is 0 Å². The second-order valence-electron chi connectivity index (χ2n) is 7.43. The van der Waals surface area contributed by atoms with E-state index in [1.54, 1.807) is 22.7 Å². The van der Waals surface area contributed by atoms with Gasteiger partial charge in [0.1, 0.15) is 5.01 Å². The number of aromatic nitrogens is 1. The van der Waals surface area contributed by atoms with Crippen LogP contribution in [0, 0.1) is 0 Å². The number of thiophene rings is 1. The molecule has 3 heterocycles. The lowest BCUT2D eigenvalue weighted by molar-refractivity contribution is -0.120. The van der Waals surface area contributed by atoms with Crippen molar-refractivity contribution in [2.24, 2.45) is 0 Å². The number of benzene rings is 1. The van der Waals surface area contributed by atoms with E-state index in [-0.39, 0.29) is 12.0 Å². The van der Waals surface area contributed by atoms with Crippen molar-refractivity contribution in [3.05, 3.63) is 63.3 Å². The number of thiazole rings is 1. The maximum absolute atomic E-state index is 12.3. The lowest BCUT2D eigenvalue weighted by atomic mass is 10.1. The van der Waals surface area contributed by atoms with E-state index in [4.69, 9.17) is 0 Å². The topological polar surface area (TPSA) is 65.5 Å². The largest absolute Gasteiger partial charge is 0.393 e. The molecule has 1 aliphatic heterocycles. The first-order valence-corrected chi connectivity index (χ1v) is 11.7. The van der Waals surface area contributed by atoms with Crippen LogP contribution in [-0.2, 0) is 24.3 Å². The highest BCUT2D eigenvalue weighted by Gasteiger charge is 2.16. The van der Waals surface area contributed by atoms with Crippen LogP contribution in [0.5, 0.6) is 0 Å². The third-order valence-corrected chi connectivity index (χ3v) is 6.76. The summed E-state index contributed by atoms with van der Waals surface area (Å²) in [7, 11) is 0. The molecule has 0 radical (unpaired) electrons. The van der Waals surface area contributed by atoms with Gasteiger partial charge in [0.25, 0.3) is 0 Å². The number of piperidine rings is 1. The average Bonchev–Trinajstić information content (AvgIpc) is 3.41. The normalized spacial score (nSPS) is 15.5. The van der Waals surface area contributed by atoms with Crippen LogP contribution in [0.25, 0.3) is 10.6 Å². The summed E-state index contributed by atoms with van der Waals surface area (Å²) in [6.07, 6.45) is 1.89. The third kappa shape index (κ3) is 5.73. The molecule has 1 amide bonds. The Balaban J connectivity index is 1.23. The van der Waals surface area contributed by atoms with Crippen molar-refractivity contribution in [1.82, 2.24) is 15.2 Å². The summed E-state index contributed by atoms with van der Waals surface area (Å²) >= 11 is 3.23. The van der Waals surface area contributed by atoms with Gasteiger partial charge in [0, 0.05) is 42.5 Å². The van der Waals surface area contributed by atoms with E-state index in [0.717, 1.165) is 54.3 Å². The number of likely N-dealkylation sites (tertiary alicyclic amines) is 1. The van der Waals surface area contributed by atoms with E-state index in [0.29, 0.717) is 13.0 Å². The van der Waals surface area contributed by atoms with Gasteiger partial charge in [-0.3, -0.25) is 9.69 Å². The molecule has 0 atom stereocenters. The van der Waals surface area contributed by atoms with Gasteiger partial charge >= 0.3 is 0 Å². The Bertz CT molecular complexity index is 914. The van der Waals surface area contributed by atoms with E-state index in [1.807, 2.05) is 16.8 Å². The lowest BCUT2D eigenvalue weighted by Gasteiger charge is -2.29. The lowest BCUT2D eigenvalue weighted by Crippen LogP contribution is -2.35. The minimum atomic E-state index is -0.135. The minimum Gasteiger partial charge on any atom is -0.393 e. The zero-order valence-electron chi connectivity index (χ0n) is 16.2. The van der Waals surface area contributed by atoms with Gasteiger partial charge in [-0.1, -0.05) is 24.3 Å². The summed E-state index contributed by atoms with van der Waals surface area (Å²) in [5, 5.41) is 19.6. The Morgan fingerprint density at radius 2 is 1.90 bits per heavy atom. The van der Waals surface area contributed by atoms with E-state index in [2.05, 4.69) is 44.8 Å². The number of rotatable bonds is 7. The summed E-state index contributed by atoms with van der Waals surface area (Å²) in [6, 6.07) is 10.4. The molecule has 0 bridgehead atoms. The smallest absolute Gasteiger partial charge is 0.226 e. The molecule has 1 aliphatic rings. The summed E-state index contributed by atoms with van der Waals surface area (Å²) in [6.45, 7) is 3.33. The SMILES string of the molecule is O=C(Cc1csc(-c2ccsc2)n1)NCc1ccc(CN2CCC(O)CC2)cc1. The van der Waals surface area contributed by atoms with Gasteiger partial charge in [-0.05, 0) is 35.4 Å². The molecule has 2 aromatic heterocycles. The number of aliphatic hydroxyl groups is 1. The van der Waals surface area contributed by atoms with E-state index < -0.39 is 0 Å². The molecule has 4 rings (SSSR count). The fraction of sp³-hybridized carbons (Fsp3) is 0.364. The standard InChI is InChI=1S/C22H25N3O2S2/c26-20-5-8-25(9-6-20)13-17-3-1-16(2-4-17)12-23-21(27)11-19-15-29-22(24-19)18-7-10-28-14-18/h1-4,7,10,14-15,20,26H,5-6,8-9,11-13H2,(H,23,27). The van der Waals surface area contributed by atoms with Crippen LogP contribution in [0.4, 0.5) is 0 Å². The number of amides is 1. The maximum Gasteiger partial charge on any atom is 0.226 e. The molecule has 3 aromatic rings. The number of nitrogens with zero attached hydrogens (tertiary/aromatic N) is 2. The molecule has 2 N–H and O–H groups in total. The van der Waals surface area contributed by atoms with Crippen molar-refractivity contribution in [3.8, 4) is 10.6 Å². The first-order valence-electron chi connectivity index (χ1n) is 9.87. The van der Waals surface area contributed by atoms with Gasteiger partial charge in [0.05, 0.1) is 18.2 Å². The molecular formula is C22H25N3O2S2. The third-order valence-electron chi connectivity index (χ3n) is 5.14. The van der Waals surface area contributed by atoms with Gasteiger partial charge < -0.3 is 10.4 Å². The van der Waals surface area contributed by atoms with Crippen molar-refractivity contribution in [2.75, 3.05) is 13.1 Å². The van der Waals surface area contributed by atoms with Crippen molar-refractivity contribution < 1.29 is 9.90 Å². The Morgan fingerprint density at radius 1 is 1.14 bits per heavy atom. The van der Waals surface area contributed by atoms with Gasteiger partial charge in [-0.2, -0.15) is 11.3 Å². The Morgan fingerprint density at radius 3 is 2.62 bits per heavy atom. The van der Waals surface area contributed by atoms with Crippen LogP contribution in [-0.4, -0.2) is 40.1 Å². The molecule has 152 valence electrons. The van der Waals surface area contributed by atoms with Crippen molar-refractivity contribution in [3.63, 3.8) is 0 Å². The van der Waals surface area contributed by atoms with E-state index in [1.165, 1.54) is 5.56 Å². The summed E-state index contributed by atoms with van der Waals surface area (Å²) in [5.41, 5.74) is 4.29. The van der Waals surface area contributed by atoms with Gasteiger partial charge in [-0.25, -0.2) is 4.98 Å². The van der Waals surface area contributed by atoms with Gasteiger partial charge in [0.2, 0.25) is 5.91 Å². The monoisotopic (exact) mass is 427 g/mol. The van der Waals surface area contributed by atoms with Crippen LogP contribution < -0.4 is 5.32 Å². The number of nitrogens with one attached hydrogen (secondary N) is 1. The summed E-state index contributed by atoms with van der Waals surface area (Å²) in [4.78, 5) is 19.2. The molecule has 7 heteroatoms. The molecule has 1 saturated heterocycles. The first-order chi connectivity index (χ1) is 14.2. The highest BCUT2D eigenvalue weighted by Crippen LogP contribution is 2.25. The van der Waals surface area contributed by atoms with Gasteiger partial charge in [-0.15, -0.1) is 11.3 Å². The highest BCUT2D eigenvalue weighted by atomic mass is 32.1. The number of hydrogen-bond donors (Lipinski definition) is 2. The first kappa shape index (κ1) is 20.2. The van der Waals surface area contributed by atoms with E-state index in [9.17, 15) is 9.90 Å². The van der Waals surface area contributed by atoms with Crippen LogP contribution in [0.2, 0.25) is 0 Å². The Kier molecular flexibility index (Phi) is 6.71. The molecule has 0 saturated carbocycles. The molecule has 0 spiro atoms. The van der Waals surface area contributed by atoms with Crippen LogP contribution >= 0.6 is 22.7 Å². The minimum absolute atomic E-state index is 0.0110. The number of hydrogen-bond acceptors (Lipinski definition) is 6. The molecule has 1 aromatic carbocycles. The second kappa shape index (κ2) is 9.63. The fourth-order valence-corrected chi connectivity index (χ4v) is 4.96. The molecular weight excluding hydrogens is 402 g/mol. The van der Waals surface area contributed by atoms with E-state index >= 15 is 0 Å². The quantitative estimate of drug-likeness (QED) is 0.604. The zero-order valence-corrected chi connectivity index (χ0v) is 17.8.